The molecule has 36 heavy (non-hydrogen) atoms. The Morgan fingerprint density at radius 1 is 0.833 bits per heavy atom. The zero-order valence-electron chi connectivity index (χ0n) is 19.5. The van der Waals surface area contributed by atoms with Crippen molar-refractivity contribution in [3.63, 3.8) is 0 Å². The number of carbonyl (C=O) groups is 3. The molecule has 0 N–H and O–H groups in total. The molecule has 0 aromatic heterocycles. The first-order valence-electron chi connectivity index (χ1n) is 12.1. The summed E-state index contributed by atoms with van der Waals surface area (Å²) in [5, 5.41) is 0. The number of benzene rings is 3. The van der Waals surface area contributed by atoms with Crippen molar-refractivity contribution < 1.29 is 19.1 Å². The Balaban J connectivity index is 1.47. The van der Waals surface area contributed by atoms with Crippen LogP contribution in [0.15, 0.2) is 72.8 Å². The van der Waals surface area contributed by atoms with Crippen molar-refractivity contribution in [2.45, 2.75) is 28.4 Å². The molecule has 1 fully saturated rings. The van der Waals surface area contributed by atoms with Crippen molar-refractivity contribution in [2.24, 2.45) is 11.8 Å². The summed E-state index contributed by atoms with van der Waals surface area (Å²) in [6, 6.07) is 22.5. The lowest BCUT2D eigenvalue weighted by molar-refractivity contribution is -0.122. The van der Waals surface area contributed by atoms with Crippen LogP contribution in [0, 0.1) is 11.8 Å². The molecule has 7 heteroatoms. The van der Waals surface area contributed by atoms with E-state index in [9.17, 15) is 14.4 Å². The minimum absolute atomic E-state index is 0.286. The summed E-state index contributed by atoms with van der Waals surface area (Å²) >= 11 is 8.02. The molecule has 2 bridgehead atoms. The number of hydrogen-bond donors (Lipinski definition) is 0. The minimum Gasteiger partial charge on any atom is -0.462 e. The fraction of sp³-hybridized carbons (Fsp3) is 0.276. The number of anilines is 1. The molecule has 1 saturated heterocycles. The maximum atomic E-state index is 14.1. The van der Waals surface area contributed by atoms with Gasteiger partial charge in [-0.25, -0.2) is 9.69 Å². The predicted molar refractivity (Wildman–Crippen MR) is 143 cm³/mol. The highest BCUT2D eigenvalue weighted by Crippen LogP contribution is 2.70. The maximum Gasteiger partial charge on any atom is 0.338 e. The van der Waals surface area contributed by atoms with E-state index in [0.717, 1.165) is 35.1 Å². The summed E-state index contributed by atoms with van der Waals surface area (Å²) in [7, 11) is 0. The molecule has 0 spiro atoms. The molecule has 2 unspecified atom stereocenters. The van der Waals surface area contributed by atoms with Gasteiger partial charge >= 0.3 is 5.97 Å². The van der Waals surface area contributed by atoms with Crippen LogP contribution in [0.2, 0.25) is 0 Å². The van der Waals surface area contributed by atoms with Gasteiger partial charge in [-0.15, -0.1) is 0 Å². The van der Waals surface area contributed by atoms with Gasteiger partial charge < -0.3 is 4.74 Å². The molecule has 2 amide bonds. The third kappa shape index (κ3) is 2.96. The van der Waals surface area contributed by atoms with Gasteiger partial charge in [-0.2, -0.15) is 0 Å². The van der Waals surface area contributed by atoms with E-state index < -0.39 is 26.5 Å². The smallest absolute Gasteiger partial charge is 0.338 e. The lowest BCUT2D eigenvalue weighted by Crippen LogP contribution is -2.56. The number of amides is 2. The summed E-state index contributed by atoms with van der Waals surface area (Å²) in [6.07, 6.45) is 1.69. The average Bonchev–Trinajstić information content (AvgIpc) is 3.18. The molecular formula is C29H23Br2NO4. The van der Waals surface area contributed by atoms with Crippen molar-refractivity contribution >= 4 is 55.3 Å². The van der Waals surface area contributed by atoms with Gasteiger partial charge in [-0.05, 0) is 46.9 Å². The lowest BCUT2D eigenvalue weighted by atomic mass is 9.54. The van der Waals surface area contributed by atoms with Crippen molar-refractivity contribution in [3.05, 3.63) is 101 Å². The SMILES string of the molecule is CCCCOC(=O)c1cccc(N2C(=O)C3C(C2=O)C2(Br)c4ccccc4C3(Br)c3ccccc32)c1. The fourth-order valence-electron chi connectivity index (χ4n) is 6.09. The van der Waals surface area contributed by atoms with Gasteiger partial charge in [-0.1, -0.05) is 99.8 Å². The van der Waals surface area contributed by atoms with E-state index in [1.807, 2.05) is 55.5 Å². The van der Waals surface area contributed by atoms with E-state index in [-0.39, 0.29) is 11.8 Å². The Hall–Kier alpha value is -2.77. The lowest BCUT2D eigenvalue weighted by Gasteiger charge is -2.55. The first kappa shape index (κ1) is 23.6. The van der Waals surface area contributed by atoms with E-state index in [1.54, 1.807) is 24.3 Å². The Morgan fingerprint density at radius 3 is 1.81 bits per heavy atom. The van der Waals surface area contributed by atoms with Crippen molar-refractivity contribution in [1.82, 2.24) is 0 Å². The van der Waals surface area contributed by atoms with Crippen LogP contribution in [-0.4, -0.2) is 24.4 Å². The first-order valence-corrected chi connectivity index (χ1v) is 13.7. The van der Waals surface area contributed by atoms with Crippen LogP contribution in [0.4, 0.5) is 5.69 Å². The molecule has 3 aliphatic carbocycles. The minimum atomic E-state index is -0.849. The number of unbranched alkanes of at least 4 members (excludes halogenated alkanes) is 1. The van der Waals surface area contributed by atoms with Gasteiger partial charge in [0.2, 0.25) is 11.8 Å². The molecule has 0 radical (unpaired) electrons. The largest absolute Gasteiger partial charge is 0.462 e. The molecule has 3 aromatic rings. The Kier molecular flexibility index (Phi) is 5.50. The van der Waals surface area contributed by atoms with Gasteiger partial charge in [-0.3, -0.25) is 9.59 Å². The first-order chi connectivity index (χ1) is 17.3. The van der Waals surface area contributed by atoms with Crippen LogP contribution in [0.5, 0.6) is 0 Å². The van der Waals surface area contributed by atoms with Crippen molar-refractivity contribution in [2.75, 3.05) is 11.5 Å². The van der Waals surface area contributed by atoms with E-state index in [4.69, 9.17) is 4.74 Å². The number of nitrogens with zero attached hydrogens (tertiary/aromatic N) is 1. The second kappa shape index (κ2) is 8.38. The van der Waals surface area contributed by atoms with Crippen LogP contribution >= 0.6 is 31.9 Å². The van der Waals surface area contributed by atoms with Crippen LogP contribution < -0.4 is 4.90 Å². The summed E-state index contributed by atoms with van der Waals surface area (Å²) in [4.78, 5) is 42.1. The van der Waals surface area contributed by atoms with Crippen LogP contribution in [0.1, 0.15) is 52.4 Å². The van der Waals surface area contributed by atoms with Crippen LogP contribution in [0.25, 0.3) is 0 Å². The maximum absolute atomic E-state index is 14.1. The van der Waals surface area contributed by atoms with Gasteiger partial charge in [0.05, 0.1) is 38.3 Å². The standard InChI is InChI=1S/C29H23Br2NO4/c1-2-3-15-36-27(35)17-9-8-10-18(16-17)32-25(33)23-24(26(32)34)29(31)20-12-5-4-11-19(20)28(23,30)21-13-6-7-14-22(21)29/h4-14,16,23-24H,2-3,15H2,1H3. The quantitative estimate of drug-likeness (QED) is 0.153. The number of halogens is 2. The summed E-state index contributed by atoms with van der Waals surface area (Å²) in [6.45, 7) is 2.36. The topological polar surface area (TPSA) is 63.7 Å². The number of rotatable bonds is 5. The monoisotopic (exact) mass is 607 g/mol. The van der Waals surface area contributed by atoms with Gasteiger partial charge in [0.25, 0.3) is 0 Å². The highest BCUT2D eigenvalue weighted by Gasteiger charge is 2.72. The third-order valence-electron chi connectivity index (χ3n) is 7.66. The second-order valence-corrected chi connectivity index (χ2v) is 12.0. The number of esters is 1. The molecule has 2 atom stereocenters. The Labute approximate surface area is 226 Å². The molecule has 3 aromatic carbocycles. The zero-order chi connectivity index (χ0) is 25.2. The predicted octanol–water partition coefficient (Wildman–Crippen LogP) is 6.05. The van der Waals surface area contributed by atoms with E-state index in [0.29, 0.717) is 17.9 Å². The highest BCUT2D eigenvalue weighted by molar-refractivity contribution is 9.10. The van der Waals surface area contributed by atoms with Crippen LogP contribution in [-0.2, 0) is 23.0 Å². The van der Waals surface area contributed by atoms with Gasteiger partial charge in [0.15, 0.2) is 0 Å². The van der Waals surface area contributed by atoms with E-state index in [2.05, 4.69) is 31.9 Å². The summed E-state index contributed by atoms with van der Waals surface area (Å²) in [5.74, 6) is -2.35. The molecule has 0 saturated carbocycles. The third-order valence-corrected chi connectivity index (χ3v) is 10.4. The summed E-state index contributed by atoms with van der Waals surface area (Å²) < 4.78 is 3.66. The molecule has 182 valence electrons. The van der Waals surface area contributed by atoms with Gasteiger partial charge in [0, 0.05) is 0 Å². The highest BCUT2D eigenvalue weighted by atomic mass is 79.9. The van der Waals surface area contributed by atoms with Crippen molar-refractivity contribution in [3.8, 4) is 0 Å². The average molecular weight is 609 g/mol. The van der Waals surface area contributed by atoms with E-state index in [1.165, 1.54) is 4.90 Å². The molecular weight excluding hydrogens is 586 g/mol. The number of carbonyl (C=O) groups excluding carboxylic acids is 3. The summed E-state index contributed by atoms with van der Waals surface area (Å²) in [5.41, 5.74) is 4.63. The zero-order valence-corrected chi connectivity index (χ0v) is 22.7. The molecule has 4 aliphatic rings. The Bertz CT molecular complexity index is 1310. The molecule has 1 heterocycles. The molecule has 7 rings (SSSR count). The number of ether oxygens (including phenoxy) is 1. The van der Waals surface area contributed by atoms with Crippen molar-refractivity contribution in [1.29, 1.82) is 0 Å². The molecule has 1 aliphatic heterocycles. The van der Waals surface area contributed by atoms with Gasteiger partial charge in [0.1, 0.15) is 0 Å². The Morgan fingerprint density at radius 2 is 1.33 bits per heavy atom. The number of alkyl halides is 2. The number of hydrogen-bond acceptors (Lipinski definition) is 4. The van der Waals surface area contributed by atoms with Crippen LogP contribution in [0.3, 0.4) is 0 Å². The molecule has 5 nitrogen and oxygen atoms in total. The number of imide groups is 1. The normalized spacial score (nSPS) is 27.5. The fourth-order valence-corrected chi connectivity index (χ4v) is 8.39. The van der Waals surface area contributed by atoms with E-state index >= 15 is 0 Å². The second-order valence-electron chi connectivity index (χ2n) is 9.52.